The zero-order chi connectivity index (χ0) is 12.7. The third-order valence-electron chi connectivity index (χ3n) is 4.30. The van der Waals surface area contributed by atoms with Crippen LogP contribution >= 0.6 is 0 Å². The molecular formula is C15H28N2. The van der Waals surface area contributed by atoms with Crippen LogP contribution in [0.4, 0.5) is 0 Å². The molecule has 2 atom stereocenters. The highest BCUT2D eigenvalue weighted by Gasteiger charge is 2.32. The highest BCUT2D eigenvalue weighted by molar-refractivity contribution is 5.08. The minimum atomic E-state index is -0.280. The van der Waals surface area contributed by atoms with E-state index in [1.165, 1.54) is 32.1 Å². The molecule has 1 aliphatic carbocycles. The van der Waals surface area contributed by atoms with Crippen molar-refractivity contribution in [3.63, 3.8) is 0 Å². The van der Waals surface area contributed by atoms with Crippen LogP contribution in [0.1, 0.15) is 72.1 Å². The standard InChI is InChI=1S/C15H28N2/c1-4-13(3)11-15(5-2,12-16)17-14-9-7-6-8-10-14/h13-14,17H,4-11H2,1-3H3. The van der Waals surface area contributed by atoms with Crippen LogP contribution in [0.2, 0.25) is 0 Å². The summed E-state index contributed by atoms with van der Waals surface area (Å²) in [7, 11) is 0. The predicted octanol–water partition coefficient (Wildman–Crippen LogP) is 4.02. The van der Waals surface area contributed by atoms with Gasteiger partial charge in [-0.25, -0.2) is 0 Å². The fourth-order valence-corrected chi connectivity index (χ4v) is 2.84. The molecule has 0 saturated heterocycles. The van der Waals surface area contributed by atoms with Gasteiger partial charge in [-0.2, -0.15) is 5.26 Å². The van der Waals surface area contributed by atoms with Gasteiger partial charge in [-0.05, 0) is 31.6 Å². The van der Waals surface area contributed by atoms with Crippen molar-refractivity contribution in [1.29, 1.82) is 5.26 Å². The van der Waals surface area contributed by atoms with Gasteiger partial charge in [0.05, 0.1) is 6.07 Å². The molecule has 0 amide bonds. The van der Waals surface area contributed by atoms with E-state index in [9.17, 15) is 5.26 Å². The van der Waals surface area contributed by atoms with Gasteiger partial charge in [0.15, 0.2) is 0 Å². The summed E-state index contributed by atoms with van der Waals surface area (Å²) in [5.74, 6) is 0.630. The van der Waals surface area contributed by atoms with E-state index in [1.54, 1.807) is 0 Å². The second-order valence-electron chi connectivity index (χ2n) is 5.74. The van der Waals surface area contributed by atoms with Crippen molar-refractivity contribution in [1.82, 2.24) is 5.32 Å². The molecule has 2 unspecified atom stereocenters. The fraction of sp³-hybridized carbons (Fsp3) is 0.933. The highest BCUT2D eigenvalue weighted by Crippen LogP contribution is 2.26. The first-order chi connectivity index (χ1) is 8.15. The number of hydrogen-bond acceptors (Lipinski definition) is 2. The summed E-state index contributed by atoms with van der Waals surface area (Å²) in [5, 5.41) is 13.2. The lowest BCUT2D eigenvalue weighted by molar-refractivity contribution is 0.249. The van der Waals surface area contributed by atoms with E-state index in [0.29, 0.717) is 12.0 Å². The number of nitriles is 1. The van der Waals surface area contributed by atoms with Gasteiger partial charge in [-0.15, -0.1) is 0 Å². The molecule has 2 heteroatoms. The Kier molecular flexibility index (Phi) is 5.98. The summed E-state index contributed by atoms with van der Waals surface area (Å²) < 4.78 is 0. The topological polar surface area (TPSA) is 35.8 Å². The lowest BCUT2D eigenvalue weighted by atomic mass is 9.83. The summed E-state index contributed by atoms with van der Waals surface area (Å²) in [6.07, 6.45) is 9.61. The lowest BCUT2D eigenvalue weighted by Crippen LogP contribution is -2.50. The largest absolute Gasteiger partial charge is 0.297 e. The molecule has 0 aromatic heterocycles. The Bertz CT molecular complexity index is 250. The van der Waals surface area contributed by atoms with E-state index >= 15 is 0 Å². The second-order valence-corrected chi connectivity index (χ2v) is 5.74. The van der Waals surface area contributed by atoms with E-state index in [1.807, 2.05) is 0 Å². The monoisotopic (exact) mass is 236 g/mol. The molecule has 0 bridgehead atoms. The lowest BCUT2D eigenvalue weighted by Gasteiger charge is -2.35. The van der Waals surface area contributed by atoms with Gasteiger partial charge in [0.25, 0.3) is 0 Å². The maximum Gasteiger partial charge on any atom is 0.106 e. The first-order valence-electron chi connectivity index (χ1n) is 7.34. The van der Waals surface area contributed by atoms with E-state index < -0.39 is 0 Å². The molecule has 0 aromatic carbocycles. The third kappa shape index (κ3) is 4.32. The van der Waals surface area contributed by atoms with Gasteiger partial charge in [-0.1, -0.05) is 46.5 Å². The van der Waals surface area contributed by atoms with Crippen molar-refractivity contribution >= 4 is 0 Å². The molecule has 17 heavy (non-hydrogen) atoms. The molecule has 0 aliphatic heterocycles. The van der Waals surface area contributed by atoms with Gasteiger partial charge in [0.1, 0.15) is 5.54 Å². The smallest absolute Gasteiger partial charge is 0.106 e. The fourth-order valence-electron chi connectivity index (χ4n) is 2.84. The van der Waals surface area contributed by atoms with Crippen LogP contribution in [0, 0.1) is 17.2 Å². The Morgan fingerprint density at radius 2 is 1.94 bits per heavy atom. The van der Waals surface area contributed by atoms with Gasteiger partial charge < -0.3 is 0 Å². The van der Waals surface area contributed by atoms with Gasteiger partial charge in [0.2, 0.25) is 0 Å². The Hall–Kier alpha value is -0.550. The van der Waals surface area contributed by atoms with Crippen molar-refractivity contribution in [2.24, 2.45) is 5.92 Å². The molecule has 1 saturated carbocycles. The molecule has 0 heterocycles. The van der Waals surface area contributed by atoms with E-state index in [-0.39, 0.29) is 5.54 Å². The Morgan fingerprint density at radius 3 is 2.41 bits per heavy atom. The van der Waals surface area contributed by atoms with Gasteiger partial charge in [-0.3, -0.25) is 5.32 Å². The van der Waals surface area contributed by atoms with Crippen molar-refractivity contribution in [3.05, 3.63) is 0 Å². The molecule has 1 N–H and O–H groups in total. The van der Waals surface area contributed by atoms with Crippen molar-refractivity contribution in [2.75, 3.05) is 0 Å². The maximum atomic E-state index is 9.54. The SMILES string of the molecule is CCC(C)CC(C#N)(CC)NC1CCCCC1. The minimum absolute atomic E-state index is 0.280. The molecule has 1 rings (SSSR count). The molecule has 1 fully saturated rings. The second kappa shape index (κ2) is 7.01. The maximum absolute atomic E-state index is 9.54. The van der Waals surface area contributed by atoms with Crippen LogP contribution in [0.25, 0.3) is 0 Å². The number of hydrogen-bond donors (Lipinski definition) is 1. The molecular weight excluding hydrogens is 208 g/mol. The van der Waals surface area contributed by atoms with Crippen LogP contribution < -0.4 is 5.32 Å². The summed E-state index contributed by atoms with van der Waals surface area (Å²) >= 11 is 0. The number of nitrogens with one attached hydrogen (secondary N) is 1. The average Bonchev–Trinajstić information content (AvgIpc) is 2.39. The highest BCUT2D eigenvalue weighted by atomic mass is 15.0. The zero-order valence-corrected chi connectivity index (χ0v) is 11.8. The molecule has 0 spiro atoms. The number of nitrogens with zero attached hydrogens (tertiary/aromatic N) is 1. The summed E-state index contributed by atoms with van der Waals surface area (Å²) in [6, 6.07) is 3.14. The average molecular weight is 236 g/mol. The quantitative estimate of drug-likeness (QED) is 0.756. The molecule has 98 valence electrons. The van der Waals surface area contributed by atoms with Crippen LogP contribution in [0.15, 0.2) is 0 Å². The normalized spacial score (nSPS) is 22.7. The molecule has 2 nitrogen and oxygen atoms in total. The van der Waals surface area contributed by atoms with Crippen molar-refractivity contribution in [2.45, 2.75) is 83.7 Å². The van der Waals surface area contributed by atoms with E-state index in [0.717, 1.165) is 19.3 Å². The minimum Gasteiger partial charge on any atom is -0.297 e. The first kappa shape index (κ1) is 14.5. The van der Waals surface area contributed by atoms with Crippen LogP contribution in [0.5, 0.6) is 0 Å². The van der Waals surface area contributed by atoms with Crippen LogP contribution in [0.3, 0.4) is 0 Å². The van der Waals surface area contributed by atoms with E-state index in [2.05, 4.69) is 32.2 Å². The first-order valence-corrected chi connectivity index (χ1v) is 7.34. The van der Waals surface area contributed by atoms with Gasteiger partial charge in [0, 0.05) is 6.04 Å². The van der Waals surface area contributed by atoms with E-state index in [4.69, 9.17) is 0 Å². The predicted molar refractivity (Wildman–Crippen MR) is 72.7 cm³/mol. The molecule has 0 aromatic rings. The van der Waals surface area contributed by atoms with Crippen molar-refractivity contribution < 1.29 is 0 Å². The molecule has 1 aliphatic rings. The van der Waals surface area contributed by atoms with Crippen LogP contribution in [-0.4, -0.2) is 11.6 Å². The Labute approximate surface area is 107 Å². The van der Waals surface area contributed by atoms with Crippen LogP contribution in [-0.2, 0) is 0 Å². The summed E-state index contributed by atoms with van der Waals surface area (Å²) in [4.78, 5) is 0. The van der Waals surface area contributed by atoms with Crippen molar-refractivity contribution in [3.8, 4) is 6.07 Å². The third-order valence-corrected chi connectivity index (χ3v) is 4.30. The number of rotatable bonds is 6. The zero-order valence-electron chi connectivity index (χ0n) is 11.8. The Morgan fingerprint density at radius 1 is 1.29 bits per heavy atom. The van der Waals surface area contributed by atoms with Gasteiger partial charge >= 0.3 is 0 Å². The molecule has 0 radical (unpaired) electrons. The summed E-state index contributed by atoms with van der Waals surface area (Å²) in [6.45, 7) is 6.61. The summed E-state index contributed by atoms with van der Waals surface area (Å²) in [5.41, 5.74) is -0.280. The Balaban J connectivity index is 2.59.